The van der Waals surface area contributed by atoms with E-state index in [1.54, 1.807) is 0 Å². The number of aliphatic imine (C=N–C) groups is 1. The maximum absolute atomic E-state index is 12.6. The standard InChI is InChI=1S/C14H13F3N4O3/c1-20-10(7-11(22)21(2)13(20)24)19-12(23)18-9-5-3-4-8(6-9)14(15,16)17/h3-6H,7H2,1-2H3,(H,18,23). The summed E-state index contributed by atoms with van der Waals surface area (Å²) in [5, 5.41) is 2.17. The average Bonchev–Trinajstić information content (AvgIpc) is 2.50. The summed E-state index contributed by atoms with van der Waals surface area (Å²) in [6.07, 6.45) is -4.81. The maximum atomic E-state index is 12.6. The van der Waals surface area contributed by atoms with Crippen LogP contribution >= 0.6 is 0 Å². The van der Waals surface area contributed by atoms with Gasteiger partial charge in [0.2, 0.25) is 5.91 Å². The van der Waals surface area contributed by atoms with Gasteiger partial charge in [-0.05, 0) is 18.2 Å². The van der Waals surface area contributed by atoms with Gasteiger partial charge in [0.05, 0.1) is 12.0 Å². The average molecular weight is 342 g/mol. The number of imide groups is 1. The molecular formula is C14H13F3N4O3. The molecule has 0 spiro atoms. The van der Waals surface area contributed by atoms with Crippen LogP contribution in [0.4, 0.5) is 28.4 Å². The molecule has 1 N–H and O–H groups in total. The lowest BCUT2D eigenvalue weighted by atomic mass is 10.2. The minimum absolute atomic E-state index is 0.0902. The van der Waals surface area contributed by atoms with Gasteiger partial charge >= 0.3 is 18.2 Å². The van der Waals surface area contributed by atoms with Crippen molar-refractivity contribution >= 4 is 29.5 Å². The topological polar surface area (TPSA) is 82.1 Å². The Morgan fingerprint density at radius 2 is 1.88 bits per heavy atom. The van der Waals surface area contributed by atoms with Crippen LogP contribution < -0.4 is 5.32 Å². The van der Waals surface area contributed by atoms with E-state index in [-0.39, 0.29) is 17.9 Å². The van der Waals surface area contributed by atoms with Crippen molar-refractivity contribution in [3.63, 3.8) is 0 Å². The summed E-state index contributed by atoms with van der Waals surface area (Å²) >= 11 is 0. The summed E-state index contributed by atoms with van der Waals surface area (Å²) in [7, 11) is 2.63. The van der Waals surface area contributed by atoms with E-state index in [1.807, 2.05) is 0 Å². The fourth-order valence-electron chi connectivity index (χ4n) is 1.97. The van der Waals surface area contributed by atoms with Gasteiger partial charge in [-0.3, -0.25) is 14.6 Å². The Balaban J connectivity index is 2.16. The number of benzene rings is 1. The second-order valence-electron chi connectivity index (χ2n) is 5.01. The number of hydrogen-bond acceptors (Lipinski definition) is 3. The Labute approximate surface area is 134 Å². The molecule has 1 aromatic rings. The summed E-state index contributed by atoms with van der Waals surface area (Å²) in [5.74, 6) is -0.628. The van der Waals surface area contributed by atoms with Crippen LogP contribution in [0, 0.1) is 0 Å². The third kappa shape index (κ3) is 3.70. The number of urea groups is 2. The van der Waals surface area contributed by atoms with Crippen LogP contribution in [0.25, 0.3) is 0 Å². The molecular weight excluding hydrogens is 329 g/mol. The lowest BCUT2D eigenvalue weighted by molar-refractivity contribution is -0.137. The van der Waals surface area contributed by atoms with Gasteiger partial charge in [-0.2, -0.15) is 18.2 Å². The molecule has 7 nitrogen and oxygen atoms in total. The van der Waals surface area contributed by atoms with Crippen molar-refractivity contribution in [2.24, 2.45) is 4.99 Å². The van der Waals surface area contributed by atoms with Crippen LogP contribution in [0.2, 0.25) is 0 Å². The molecule has 1 saturated heterocycles. The molecule has 1 heterocycles. The number of anilines is 1. The van der Waals surface area contributed by atoms with E-state index in [4.69, 9.17) is 0 Å². The lowest BCUT2D eigenvalue weighted by Gasteiger charge is -2.29. The molecule has 5 amide bonds. The Morgan fingerprint density at radius 3 is 2.50 bits per heavy atom. The van der Waals surface area contributed by atoms with Crippen molar-refractivity contribution < 1.29 is 27.6 Å². The van der Waals surface area contributed by atoms with Gasteiger partial charge in [0.15, 0.2) is 0 Å². The van der Waals surface area contributed by atoms with Crippen molar-refractivity contribution in [3.05, 3.63) is 29.8 Å². The number of halogens is 3. The van der Waals surface area contributed by atoms with Crippen LogP contribution in [0.15, 0.2) is 29.3 Å². The van der Waals surface area contributed by atoms with Crippen molar-refractivity contribution in [3.8, 4) is 0 Å². The molecule has 128 valence electrons. The number of amidine groups is 1. The van der Waals surface area contributed by atoms with Crippen LogP contribution in [0.1, 0.15) is 12.0 Å². The Bertz CT molecular complexity index is 730. The molecule has 1 aliphatic heterocycles. The molecule has 0 radical (unpaired) electrons. The van der Waals surface area contributed by atoms with E-state index in [0.717, 1.165) is 28.0 Å². The second-order valence-corrected chi connectivity index (χ2v) is 5.01. The van der Waals surface area contributed by atoms with E-state index in [9.17, 15) is 27.6 Å². The molecule has 2 rings (SSSR count). The largest absolute Gasteiger partial charge is 0.416 e. The van der Waals surface area contributed by atoms with Crippen molar-refractivity contribution in [2.45, 2.75) is 12.6 Å². The van der Waals surface area contributed by atoms with Crippen molar-refractivity contribution in [2.75, 3.05) is 19.4 Å². The number of hydrogen-bond donors (Lipinski definition) is 1. The number of rotatable bonds is 1. The molecule has 0 unspecified atom stereocenters. The van der Waals surface area contributed by atoms with Gasteiger partial charge in [-0.1, -0.05) is 6.07 Å². The molecule has 0 bridgehead atoms. The minimum Gasteiger partial charge on any atom is -0.306 e. The first kappa shape index (κ1) is 17.4. The normalized spacial score (nSPS) is 17.5. The first-order chi connectivity index (χ1) is 11.1. The summed E-state index contributed by atoms with van der Waals surface area (Å²) in [6.45, 7) is 0. The number of nitrogens with one attached hydrogen (secondary N) is 1. The highest BCUT2D eigenvalue weighted by atomic mass is 19.4. The van der Waals surface area contributed by atoms with Gasteiger partial charge in [0.1, 0.15) is 5.84 Å². The number of carbonyl (C=O) groups excluding carboxylic acids is 3. The van der Waals surface area contributed by atoms with Gasteiger partial charge in [0.25, 0.3) is 0 Å². The zero-order valence-corrected chi connectivity index (χ0v) is 12.7. The summed E-state index contributed by atoms with van der Waals surface area (Å²) < 4.78 is 37.9. The third-order valence-corrected chi connectivity index (χ3v) is 3.32. The Kier molecular flexibility index (Phi) is 4.58. The van der Waals surface area contributed by atoms with E-state index >= 15 is 0 Å². The number of amides is 5. The molecule has 24 heavy (non-hydrogen) atoms. The minimum atomic E-state index is -4.54. The molecule has 0 aliphatic carbocycles. The predicted molar refractivity (Wildman–Crippen MR) is 78.4 cm³/mol. The quantitative estimate of drug-likeness (QED) is 0.851. The second kappa shape index (κ2) is 6.30. The number of nitrogens with zero attached hydrogens (tertiary/aromatic N) is 3. The molecule has 10 heteroatoms. The SMILES string of the molecule is CN1C(=O)CC(=NC(=O)Nc2cccc(C(F)(F)F)c2)N(C)C1=O. The Hall–Kier alpha value is -2.91. The highest BCUT2D eigenvalue weighted by Gasteiger charge is 2.32. The first-order valence-electron chi connectivity index (χ1n) is 6.69. The van der Waals surface area contributed by atoms with Crippen molar-refractivity contribution in [1.82, 2.24) is 9.80 Å². The highest BCUT2D eigenvalue weighted by molar-refractivity contribution is 6.18. The smallest absolute Gasteiger partial charge is 0.306 e. The molecule has 1 fully saturated rings. The third-order valence-electron chi connectivity index (χ3n) is 3.32. The van der Waals surface area contributed by atoms with Crippen LogP contribution in [-0.4, -0.2) is 47.7 Å². The molecule has 0 atom stereocenters. The molecule has 1 aromatic carbocycles. The number of carbonyl (C=O) groups is 3. The van der Waals surface area contributed by atoms with Crippen molar-refractivity contribution in [1.29, 1.82) is 0 Å². The van der Waals surface area contributed by atoms with E-state index in [2.05, 4.69) is 10.3 Å². The first-order valence-corrected chi connectivity index (χ1v) is 6.69. The maximum Gasteiger partial charge on any atom is 0.416 e. The van der Waals surface area contributed by atoms with Gasteiger partial charge in [0, 0.05) is 19.8 Å². The lowest BCUT2D eigenvalue weighted by Crippen LogP contribution is -2.51. The molecule has 0 saturated carbocycles. The molecule has 1 aliphatic rings. The fraction of sp³-hybridized carbons (Fsp3) is 0.286. The van der Waals surface area contributed by atoms with Crippen LogP contribution in [0.3, 0.4) is 0 Å². The van der Waals surface area contributed by atoms with Gasteiger partial charge in [-0.25, -0.2) is 9.59 Å². The molecule has 0 aromatic heterocycles. The van der Waals surface area contributed by atoms with Crippen LogP contribution in [-0.2, 0) is 11.0 Å². The zero-order valence-electron chi connectivity index (χ0n) is 12.7. The summed E-state index contributed by atoms with van der Waals surface area (Å²) in [5.41, 5.74) is -1.03. The summed E-state index contributed by atoms with van der Waals surface area (Å²) in [6, 6.07) is 2.39. The Morgan fingerprint density at radius 1 is 1.21 bits per heavy atom. The number of alkyl halides is 3. The monoisotopic (exact) mass is 342 g/mol. The zero-order chi connectivity index (χ0) is 18.1. The fourth-order valence-corrected chi connectivity index (χ4v) is 1.97. The van der Waals surface area contributed by atoms with Gasteiger partial charge < -0.3 is 5.32 Å². The van der Waals surface area contributed by atoms with E-state index < -0.39 is 29.7 Å². The summed E-state index contributed by atoms with van der Waals surface area (Å²) in [4.78, 5) is 40.7. The van der Waals surface area contributed by atoms with Crippen LogP contribution in [0.5, 0.6) is 0 Å². The van der Waals surface area contributed by atoms with E-state index in [0.29, 0.717) is 0 Å². The predicted octanol–water partition coefficient (Wildman–Crippen LogP) is 2.55. The van der Waals surface area contributed by atoms with E-state index in [1.165, 1.54) is 20.2 Å². The van der Waals surface area contributed by atoms with Gasteiger partial charge in [-0.15, -0.1) is 0 Å². The highest BCUT2D eigenvalue weighted by Crippen LogP contribution is 2.30.